The van der Waals surface area contributed by atoms with Crippen molar-refractivity contribution in [1.82, 2.24) is 15.0 Å². The standard InChI is InChI=1S/C14H17FN6/c1-16-12-17-13(20(2)3)19-14(18-12)21-7-6-9-4-5-10(15)8-11(9)21/h4-5,8H,6-7H2,1-3H3,(H,16,17,18,19). The van der Waals surface area contributed by atoms with Gasteiger partial charge in [-0.3, -0.25) is 0 Å². The molecule has 0 fully saturated rings. The van der Waals surface area contributed by atoms with E-state index < -0.39 is 0 Å². The fourth-order valence-corrected chi connectivity index (χ4v) is 2.35. The highest BCUT2D eigenvalue weighted by atomic mass is 19.1. The summed E-state index contributed by atoms with van der Waals surface area (Å²) >= 11 is 0. The molecule has 0 radical (unpaired) electrons. The lowest BCUT2D eigenvalue weighted by Gasteiger charge is -2.20. The van der Waals surface area contributed by atoms with Crippen molar-refractivity contribution in [2.75, 3.05) is 42.8 Å². The van der Waals surface area contributed by atoms with Crippen molar-refractivity contribution in [3.63, 3.8) is 0 Å². The maximum absolute atomic E-state index is 13.5. The second kappa shape index (κ2) is 5.16. The molecule has 110 valence electrons. The first-order valence-corrected chi connectivity index (χ1v) is 6.75. The Morgan fingerprint density at radius 1 is 1.24 bits per heavy atom. The van der Waals surface area contributed by atoms with E-state index in [0.717, 1.165) is 24.2 Å². The summed E-state index contributed by atoms with van der Waals surface area (Å²) in [7, 11) is 5.50. The van der Waals surface area contributed by atoms with Crippen LogP contribution in [-0.2, 0) is 6.42 Å². The minimum absolute atomic E-state index is 0.253. The van der Waals surface area contributed by atoms with Gasteiger partial charge in [0.1, 0.15) is 5.82 Å². The second-order valence-corrected chi connectivity index (χ2v) is 5.08. The van der Waals surface area contributed by atoms with Crippen molar-refractivity contribution in [1.29, 1.82) is 0 Å². The van der Waals surface area contributed by atoms with E-state index in [1.54, 1.807) is 7.05 Å². The fraction of sp³-hybridized carbons (Fsp3) is 0.357. The van der Waals surface area contributed by atoms with Gasteiger partial charge in [0, 0.05) is 27.7 Å². The highest BCUT2D eigenvalue weighted by Crippen LogP contribution is 2.33. The Bertz CT molecular complexity index is 673. The molecular formula is C14H17FN6. The zero-order valence-electron chi connectivity index (χ0n) is 12.3. The molecule has 6 nitrogen and oxygen atoms in total. The predicted octanol–water partition coefficient (Wildman–Crippen LogP) is 1.81. The van der Waals surface area contributed by atoms with Gasteiger partial charge in [0.15, 0.2) is 0 Å². The minimum Gasteiger partial charge on any atom is -0.357 e. The Hall–Kier alpha value is -2.44. The Labute approximate surface area is 122 Å². The van der Waals surface area contributed by atoms with Crippen LogP contribution < -0.4 is 15.1 Å². The number of rotatable bonds is 3. The van der Waals surface area contributed by atoms with Gasteiger partial charge < -0.3 is 15.1 Å². The molecule has 0 bridgehead atoms. The first-order chi connectivity index (χ1) is 10.1. The summed E-state index contributed by atoms with van der Waals surface area (Å²) in [5.41, 5.74) is 1.93. The Kier molecular flexibility index (Phi) is 3.32. The van der Waals surface area contributed by atoms with E-state index in [9.17, 15) is 4.39 Å². The number of hydrogen-bond donors (Lipinski definition) is 1. The molecule has 0 amide bonds. The molecule has 7 heteroatoms. The number of nitrogens with zero attached hydrogens (tertiary/aromatic N) is 5. The van der Waals surface area contributed by atoms with Crippen LogP contribution in [0.1, 0.15) is 5.56 Å². The van der Waals surface area contributed by atoms with Crippen molar-refractivity contribution in [2.45, 2.75) is 6.42 Å². The lowest BCUT2D eigenvalue weighted by atomic mass is 10.2. The summed E-state index contributed by atoms with van der Waals surface area (Å²) in [6.45, 7) is 0.735. The van der Waals surface area contributed by atoms with Gasteiger partial charge in [-0.2, -0.15) is 15.0 Å². The Balaban J connectivity index is 2.06. The zero-order chi connectivity index (χ0) is 15.0. The third kappa shape index (κ3) is 2.46. The molecule has 2 heterocycles. The van der Waals surface area contributed by atoms with Crippen LogP contribution in [0.5, 0.6) is 0 Å². The average molecular weight is 288 g/mol. The normalized spacial score (nSPS) is 13.2. The highest BCUT2D eigenvalue weighted by molar-refractivity contribution is 5.66. The largest absolute Gasteiger partial charge is 0.357 e. The lowest BCUT2D eigenvalue weighted by molar-refractivity contribution is 0.628. The molecule has 0 saturated heterocycles. The van der Waals surface area contributed by atoms with E-state index in [2.05, 4.69) is 20.3 Å². The number of anilines is 4. The van der Waals surface area contributed by atoms with Crippen molar-refractivity contribution in [3.8, 4) is 0 Å². The van der Waals surface area contributed by atoms with Gasteiger partial charge in [0.25, 0.3) is 0 Å². The van der Waals surface area contributed by atoms with Gasteiger partial charge in [-0.15, -0.1) is 0 Å². The predicted molar refractivity (Wildman–Crippen MR) is 80.8 cm³/mol. The molecule has 0 spiro atoms. The van der Waals surface area contributed by atoms with Crippen LogP contribution in [0.15, 0.2) is 18.2 Å². The van der Waals surface area contributed by atoms with Gasteiger partial charge in [-0.1, -0.05) is 6.07 Å². The third-order valence-corrected chi connectivity index (χ3v) is 3.42. The topological polar surface area (TPSA) is 57.2 Å². The number of hydrogen-bond acceptors (Lipinski definition) is 6. The van der Waals surface area contributed by atoms with E-state index in [1.165, 1.54) is 12.1 Å². The van der Waals surface area contributed by atoms with Gasteiger partial charge >= 0.3 is 0 Å². The molecule has 1 N–H and O–H groups in total. The molecule has 1 aliphatic rings. The number of benzene rings is 1. The SMILES string of the molecule is CNc1nc(N(C)C)nc(N2CCc3ccc(F)cc32)n1. The van der Waals surface area contributed by atoms with Crippen molar-refractivity contribution >= 4 is 23.5 Å². The quantitative estimate of drug-likeness (QED) is 0.929. The third-order valence-electron chi connectivity index (χ3n) is 3.42. The van der Waals surface area contributed by atoms with Crippen LogP contribution in [0.3, 0.4) is 0 Å². The summed E-state index contributed by atoms with van der Waals surface area (Å²) < 4.78 is 13.5. The summed E-state index contributed by atoms with van der Waals surface area (Å²) in [5, 5.41) is 2.93. The minimum atomic E-state index is -0.253. The van der Waals surface area contributed by atoms with Crippen LogP contribution in [0.2, 0.25) is 0 Å². The smallest absolute Gasteiger partial charge is 0.236 e. The molecule has 0 saturated carbocycles. The molecule has 1 aromatic carbocycles. The first-order valence-electron chi connectivity index (χ1n) is 6.75. The van der Waals surface area contributed by atoms with Crippen LogP contribution in [0.4, 0.5) is 27.9 Å². The summed E-state index contributed by atoms with van der Waals surface area (Å²) in [6, 6.07) is 4.83. The van der Waals surface area contributed by atoms with E-state index in [-0.39, 0.29) is 5.82 Å². The summed E-state index contributed by atoms with van der Waals surface area (Å²) in [4.78, 5) is 16.9. The molecule has 2 aromatic rings. The van der Waals surface area contributed by atoms with Gasteiger partial charge in [0.05, 0.1) is 5.69 Å². The van der Waals surface area contributed by atoms with Gasteiger partial charge in [-0.05, 0) is 24.1 Å². The summed E-state index contributed by atoms with van der Waals surface area (Å²) in [5.74, 6) is 1.33. The molecule has 3 rings (SSSR count). The Morgan fingerprint density at radius 2 is 2.05 bits per heavy atom. The van der Waals surface area contributed by atoms with Crippen molar-refractivity contribution in [2.24, 2.45) is 0 Å². The first kappa shape index (κ1) is 13.5. The van der Waals surface area contributed by atoms with E-state index >= 15 is 0 Å². The van der Waals surface area contributed by atoms with Crippen LogP contribution in [-0.4, -0.2) is 42.6 Å². The molecule has 0 unspecified atom stereocenters. The van der Waals surface area contributed by atoms with Crippen molar-refractivity contribution < 1.29 is 4.39 Å². The molecule has 1 aromatic heterocycles. The maximum Gasteiger partial charge on any atom is 0.236 e. The van der Waals surface area contributed by atoms with Crippen LogP contribution in [0, 0.1) is 5.82 Å². The van der Waals surface area contributed by atoms with Gasteiger partial charge in [0.2, 0.25) is 17.8 Å². The molecule has 0 aliphatic carbocycles. The summed E-state index contributed by atoms with van der Waals surface area (Å²) in [6.07, 6.45) is 0.855. The lowest BCUT2D eigenvalue weighted by Crippen LogP contribution is -2.21. The molecular weight excluding hydrogens is 271 g/mol. The van der Waals surface area contributed by atoms with Gasteiger partial charge in [-0.25, -0.2) is 4.39 Å². The van der Waals surface area contributed by atoms with E-state index in [1.807, 2.05) is 30.0 Å². The van der Waals surface area contributed by atoms with E-state index in [0.29, 0.717) is 17.8 Å². The number of nitrogens with one attached hydrogen (secondary N) is 1. The monoisotopic (exact) mass is 288 g/mol. The number of fused-ring (bicyclic) bond motifs is 1. The van der Waals surface area contributed by atoms with Crippen molar-refractivity contribution in [3.05, 3.63) is 29.6 Å². The Morgan fingerprint density at radius 3 is 2.76 bits per heavy atom. The molecule has 21 heavy (non-hydrogen) atoms. The fourth-order valence-electron chi connectivity index (χ4n) is 2.35. The number of halogens is 1. The van der Waals surface area contributed by atoms with Crippen LogP contribution >= 0.6 is 0 Å². The zero-order valence-corrected chi connectivity index (χ0v) is 12.3. The molecule has 1 aliphatic heterocycles. The molecule has 0 atom stereocenters. The average Bonchev–Trinajstić information content (AvgIpc) is 2.89. The number of aromatic nitrogens is 3. The second-order valence-electron chi connectivity index (χ2n) is 5.08. The maximum atomic E-state index is 13.5. The van der Waals surface area contributed by atoms with Crippen LogP contribution in [0.25, 0.3) is 0 Å². The van der Waals surface area contributed by atoms with E-state index in [4.69, 9.17) is 0 Å². The highest BCUT2D eigenvalue weighted by Gasteiger charge is 2.24.